The van der Waals surface area contributed by atoms with Gasteiger partial charge in [-0.15, -0.1) is 0 Å². The molecule has 0 aromatic rings. The number of likely N-dealkylation sites (tertiary alicyclic amines) is 1. The highest BCUT2D eigenvalue weighted by Crippen LogP contribution is 2.26. The Balaban J connectivity index is 2.20. The number of carbonyl (C=O) groups is 3. The Labute approximate surface area is 99.2 Å². The van der Waals surface area contributed by atoms with Crippen LogP contribution in [0.1, 0.15) is 19.8 Å². The number of piperidine rings is 1. The lowest BCUT2D eigenvalue weighted by atomic mass is 10.0. The SMILES string of the molecule is C=C1CN(C2CCC(=O)NC2=O)C(=O)/C1=C/C. The Hall–Kier alpha value is -1.91. The first-order valence-electron chi connectivity index (χ1n) is 5.53. The molecule has 0 aliphatic carbocycles. The highest BCUT2D eigenvalue weighted by atomic mass is 16.2. The zero-order valence-corrected chi connectivity index (χ0v) is 9.66. The number of carbonyl (C=O) groups excluding carboxylic acids is 3. The molecule has 1 N–H and O–H groups in total. The lowest BCUT2D eigenvalue weighted by Crippen LogP contribution is -2.52. The van der Waals surface area contributed by atoms with Gasteiger partial charge in [-0.3, -0.25) is 19.7 Å². The van der Waals surface area contributed by atoms with Crippen LogP contribution in [-0.2, 0) is 14.4 Å². The van der Waals surface area contributed by atoms with E-state index in [1.807, 2.05) is 0 Å². The Kier molecular flexibility index (Phi) is 2.83. The van der Waals surface area contributed by atoms with E-state index in [4.69, 9.17) is 0 Å². The molecule has 1 unspecified atom stereocenters. The summed E-state index contributed by atoms with van der Waals surface area (Å²) in [6.07, 6.45) is 2.37. The van der Waals surface area contributed by atoms with Crippen molar-refractivity contribution in [2.24, 2.45) is 0 Å². The third-order valence-electron chi connectivity index (χ3n) is 3.11. The van der Waals surface area contributed by atoms with E-state index in [0.29, 0.717) is 18.5 Å². The van der Waals surface area contributed by atoms with Crippen LogP contribution in [0.3, 0.4) is 0 Å². The molecule has 2 aliphatic heterocycles. The predicted molar refractivity (Wildman–Crippen MR) is 60.8 cm³/mol. The smallest absolute Gasteiger partial charge is 0.254 e. The van der Waals surface area contributed by atoms with Crippen molar-refractivity contribution in [1.82, 2.24) is 10.2 Å². The second-order valence-electron chi connectivity index (χ2n) is 4.21. The van der Waals surface area contributed by atoms with Gasteiger partial charge in [0.05, 0.1) is 0 Å². The molecular weight excluding hydrogens is 220 g/mol. The minimum atomic E-state index is -0.547. The molecule has 0 radical (unpaired) electrons. The fraction of sp³-hybridized carbons (Fsp3) is 0.417. The van der Waals surface area contributed by atoms with Gasteiger partial charge in [0.15, 0.2) is 0 Å². The van der Waals surface area contributed by atoms with Crippen LogP contribution >= 0.6 is 0 Å². The Morgan fingerprint density at radius 2 is 2.12 bits per heavy atom. The number of allylic oxidation sites excluding steroid dienone is 1. The molecule has 5 heteroatoms. The lowest BCUT2D eigenvalue weighted by molar-refractivity contribution is -0.142. The van der Waals surface area contributed by atoms with Gasteiger partial charge in [-0.25, -0.2) is 0 Å². The van der Waals surface area contributed by atoms with Gasteiger partial charge < -0.3 is 4.90 Å². The molecule has 2 heterocycles. The first-order valence-corrected chi connectivity index (χ1v) is 5.53. The number of imide groups is 1. The third kappa shape index (κ3) is 1.88. The molecule has 0 spiro atoms. The molecular formula is C12H14N2O3. The second-order valence-corrected chi connectivity index (χ2v) is 4.21. The normalized spacial score (nSPS) is 27.9. The summed E-state index contributed by atoms with van der Waals surface area (Å²) in [7, 11) is 0. The van der Waals surface area contributed by atoms with Crippen molar-refractivity contribution < 1.29 is 14.4 Å². The van der Waals surface area contributed by atoms with Gasteiger partial charge in [-0.2, -0.15) is 0 Å². The zero-order valence-electron chi connectivity index (χ0n) is 9.66. The molecule has 2 fully saturated rings. The first-order chi connectivity index (χ1) is 8.04. The van der Waals surface area contributed by atoms with Gasteiger partial charge in [0, 0.05) is 18.5 Å². The van der Waals surface area contributed by atoms with Crippen molar-refractivity contribution in [2.45, 2.75) is 25.8 Å². The Morgan fingerprint density at radius 1 is 1.41 bits per heavy atom. The maximum absolute atomic E-state index is 12.0. The number of nitrogens with zero attached hydrogens (tertiary/aromatic N) is 1. The lowest BCUT2D eigenvalue weighted by Gasteiger charge is -2.28. The highest BCUT2D eigenvalue weighted by molar-refractivity contribution is 6.06. The zero-order chi connectivity index (χ0) is 12.6. The molecule has 90 valence electrons. The number of amides is 3. The third-order valence-corrected chi connectivity index (χ3v) is 3.11. The summed E-state index contributed by atoms with van der Waals surface area (Å²) in [4.78, 5) is 36.2. The van der Waals surface area contributed by atoms with E-state index < -0.39 is 6.04 Å². The summed E-state index contributed by atoms with van der Waals surface area (Å²) in [6, 6.07) is -0.547. The monoisotopic (exact) mass is 234 g/mol. The standard InChI is InChI=1S/C12H14N2O3/c1-3-8-7(2)6-14(12(8)17)9-4-5-10(15)13-11(9)16/h3,9H,2,4-6H2,1H3,(H,13,15,16)/b8-3+. The van der Waals surface area contributed by atoms with E-state index in [1.165, 1.54) is 4.90 Å². The molecule has 3 amide bonds. The molecule has 1 atom stereocenters. The summed E-state index contributed by atoms with van der Waals surface area (Å²) in [5.41, 5.74) is 1.29. The van der Waals surface area contributed by atoms with E-state index in [2.05, 4.69) is 11.9 Å². The van der Waals surface area contributed by atoms with Crippen LogP contribution in [0.5, 0.6) is 0 Å². The van der Waals surface area contributed by atoms with Crippen molar-refractivity contribution in [1.29, 1.82) is 0 Å². The fourth-order valence-electron chi connectivity index (χ4n) is 2.23. The van der Waals surface area contributed by atoms with E-state index in [1.54, 1.807) is 13.0 Å². The summed E-state index contributed by atoms with van der Waals surface area (Å²) in [5.74, 6) is -0.838. The number of nitrogens with one attached hydrogen (secondary N) is 1. The second kappa shape index (κ2) is 4.16. The Bertz CT molecular complexity index is 451. The van der Waals surface area contributed by atoms with Crippen molar-refractivity contribution >= 4 is 17.7 Å². The van der Waals surface area contributed by atoms with E-state index in [0.717, 1.165) is 5.57 Å². The maximum atomic E-state index is 12.0. The van der Waals surface area contributed by atoms with Gasteiger partial charge in [0.1, 0.15) is 6.04 Å². The summed E-state index contributed by atoms with van der Waals surface area (Å²) < 4.78 is 0. The minimum absolute atomic E-state index is 0.174. The molecule has 2 saturated heterocycles. The topological polar surface area (TPSA) is 66.5 Å². The van der Waals surface area contributed by atoms with Crippen LogP contribution in [0.15, 0.2) is 23.8 Å². The predicted octanol–water partition coefficient (Wildman–Crippen LogP) is 0.136. The molecule has 0 aromatic carbocycles. The first kappa shape index (κ1) is 11.6. The summed E-state index contributed by atoms with van der Waals surface area (Å²) in [6.45, 7) is 5.95. The van der Waals surface area contributed by atoms with E-state index in [-0.39, 0.29) is 24.1 Å². The number of hydrogen-bond donors (Lipinski definition) is 1. The Morgan fingerprint density at radius 3 is 2.65 bits per heavy atom. The number of rotatable bonds is 1. The van der Waals surface area contributed by atoms with Crippen LogP contribution in [0.2, 0.25) is 0 Å². The van der Waals surface area contributed by atoms with E-state index in [9.17, 15) is 14.4 Å². The van der Waals surface area contributed by atoms with Gasteiger partial charge in [-0.05, 0) is 18.9 Å². The van der Waals surface area contributed by atoms with Crippen LogP contribution in [0.4, 0.5) is 0 Å². The van der Waals surface area contributed by atoms with Crippen LogP contribution < -0.4 is 5.32 Å². The van der Waals surface area contributed by atoms with Crippen molar-refractivity contribution in [3.05, 3.63) is 23.8 Å². The maximum Gasteiger partial charge on any atom is 0.254 e. The van der Waals surface area contributed by atoms with Gasteiger partial charge >= 0.3 is 0 Å². The minimum Gasteiger partial charge on any atom is -0.322 e. The average Bonchev–Trinajstić information content (AvgIpc) is 2.54. The molecule has 0 bridgehead atoms. The largest absolute Gasteiger partial charge is 0.322 e. The van der Waals surface area contributed by atoms with Crippen molar-refractivity contribution in [2.75, 3.05) is 6.54 Å². The van der Waals surface area contributed by atoms with Gasteiger partial charge in [0.2, 0.25) is 11.8 Å². The highest BCUT2D eigenvalue weighted by Gasteiger charge is 2.39. The molecule has 17 heavy (non-hydrogen) atoms. The van der Waals surface area contributed by atoms with Crippen LogP contribution in [-0.4, -0.2) is 35.2 Å². The summed E-state index contributed by atoms with van der Waals surface area (Å²) >= 11 is 0. The van der Waals surface area contributed by atoms with Gasteiger partial charge in [0.25, 0.3) is 5.91 Å². The van der Waals surface area contributed by atoms with Crippen molar-refractivity contribution in [3.63, 3.8) is 0 Å². The van der Waals surface area contributed by atoms with Crippen molar-refractivity contribution in [3.8, 4) is 0 Å². The van der Waals surface area contributed by atoms with Gasteiger partial charge in [-0.1, -0.05) is 12.7 Å². The quantitative estimate of drug-likeness (QED) is 0.518. The number of hydrogen-bond acceptors (Lipinski definition) is 3. The van der Waals surface area contributed by atoms with Crippen LogP contribution in [0, 0.1) is 0 Å². The molecule has 2 rings (SSSR count). The molecule has 2 aliphatic rings. The summed E-state index contributed by atoms with van der Waals surface area (Å²) in [5, 5.41) is 2.25. The average molecular weight is 234 g/mol. The van der Waals surface area contributed by atoms with E-state index >= 15 is 0 Å². The molecule has 0 aromatic heterocycles. The van der Waals surface area contributed by atoms with Crippen LogP contribution in [0.25, 0.3) is 0 Å². The molecule has 0 saturated carbocycles. The molecule has 5 nitrogen and oxygen atoms in total. The fourth-order valence-corrected chi connectivity index (χ4v) is 2.23.